The number of benzene rings is 4. The van der Waals surface area contributed by atoms with Crippen molar-refractivity contribution in [2.24, 2.45) is 0 Å². The molecule has 0 fully saturated rings. The Balaban J connectivity index is 1.19. The first-order chi connectivity index (χ1) is 20.3. The van der Waals surface area contributed by atoms with Gasteiger partial charge in [-0.1, -0.05) is 6.07 Å². The number of halogens is 3. The number of carbonyl (C=O) groups excluding carboxylic acids is 1. The summed E-state index contributed by atoms with van der Waals surface area (Å²) in [5.74, 6) is 0. The number of aryl methyl sites for hydroxylation is 1. The molecule has 43 heavy (non-hydrogen) atoms. The first kappa shape index (κ1) is 28.7. The number of carbonyl (C=O) groups is 1. The van der Waals surface area contributed by atoms with E-state index in [0.29, 0.717) is 26.5 Å². The van der Waals surface area contributed by atoms with Crippen molar-refractivity contribution in [3.05, 3.63) is 90.0 Å². The fourth-order valence-electron chi connectivity index (χ4n) is 4.42. The summed E-state index contributed by atoms with van der Waals surface area (Å²) in [4.78, 5) is 21.5. The van der Waals surface area contributed by atoms with Crippen molar-refractivity contribution in [3.63, 3.8) is 0 Å². The molecule has 8 nitrogen and oxygen atoms in total. The van der Waals surface area contributed by atoms with Crippen LogP contribution >= 0.6 is 22.7 Å². The second-order valence-electron chi connectivity index (χ2n) is 9.49. The Hall–Kier alpha value is -4.37. The van der Waals surface area contributed by atoms with Crippen LogP contribution in [0, 0.1) is 6.92 Å². The molecule has 0 aliphatic carbocycles. The molecule has 218 valence electrons. The molecule has 2 heterocycles. The van der Waals surface area contributed by atoms with Gasteiger partial charge in [0, 0.05) is 22.5 Å². The lowest BCUT2D eigenvalue weighted by atomic mass is 10.2. The zero-order valence-corrected chi connectivity index (χ0v) is 24.4. The van der Waals surface area contributed by atoms with Crippen molar-refractivity contribution in [1.29, 1.82) is 0 Å². The largest absolute Gasteiger partial charge is 0.416 e. The predicted octanol–water partition coefficient (Wildman–Crippen LogP) is 8.46. The minimum atomic E-state index is -4.46. The number of alkyl halides is 3. The van der Waals surface area contributed by atoms with Gasteiger partial charge >= 0.3 is 12.2 Å². The topological polar surface area (TPSA) is 121 Å². The van der Waals surface area contributed by atoms with Gasteiger partial charge in [-0.15, -0.1) is 22.7 Å². The van der Waals surface area contributed by atoms with Crippen LogP contribution in [0.15, 0.2) is 83.8 Å². The van der Waals surface area contributed by atoms with E-state index in [1.807, 2.05) is 18.2 Å². The standard InChI is InChI=1S/C29H19F3N4O4S3/c1-15-2-12-22-24(25(15)43(38,39)40)42-27(36-22)17-5-13-21-23(14-17)41-26(35-21)16-3-8-19(9-4-16)33-28(37)34-20-10-6-18(7-11-20)29(30,31)32/h2-14H,1H3,(H2,33,34,37)(H,38,39,40). The van der Waals surface area contributed by atoms with Gasteiger partial charge in [-0.2, -0.15) is 21.6 Å². The van der Waals surface area contributed by atoms with E-state index in [9.17, 15) is 30.9 Å². The lowest BCUT2D eigenvalue weighted by Gasteiger charge is -2.10. The third-order valence-electron chi connectivity index (χ3n) is 6.46. The van der Waals surface area contributed by atoms with Gasteiger partial charge in [-0.25, -0.2) is 14.8 Å². The molecule has 0 radical (unpaired) electrons. The fourth-order valence-corrected chi connectivity index (χ4v) is 7.74. The molecule has 2 aromatic heterocycles. The predicted molar refractivity (Wildman–Crippen MR) is 162 cm³/mol. The van der Waals surface area contributed by atoms with Gasteiger partial charge in [0.1, 0.15) is 14.9 Å². The molecule has 0 unspecified atom stereocenters. The van der Waals surface area contributed by atoms with Crippen LogP contribution in [0.25, 0.3) is 41.6 Å². The minimum absolute atomic E-state index is 0.134. The summed E-state index contributed by atoms with van der Waals surface area (Å²) in [5, 5.41) is 6.49. The lowest BCUT2D eigenvalue weighted by molar-refractivity contribution is -0.137. The zero-order valence-electron chi connectivity index (χ0n) is 21.9. The number of urea groups is 1. The molecule has 0 bridgehead atoms. The van der Waals surface area contributed by atoms with Crippen LogP contribution in [-0.4, -0.2) is 29.0 Å². The summed E-state index contributed by atoms with van der Waals surface area (Å²) in [5.41, 5.74) is 3.16. The number of anilines is 2. The summed E-state index contributed by atoms with van der Waals surface area (Å²) in [6.45, 7) is 1.62. The van der Waals surface area contributed by atoms with Gasteiger partial charge in [-0.05, 0) is 85.3 Å². The van der Waals surface area contributed by atoms with E-state index in [1.54, 1.807) is 43.3 Å². The van der Waals surface area contributed by atoms with Crippen LogP contribution in [0.4, 0.5) is 29.3 Å². The van der Waals surface area contributed by atoms with Crippen LogP contribution in [0.5, 0.6) is 0 Å². The number of fused-ring (bicyclic) bond motifs is 2. The summed E-state index contributed by atoms with van der Waals surface area (Å²) in [6, 6.07) is 19.5. The number of hydrogen-bond donors (Lipinski definition) is 3. The average molecular weight is 641 g/mol. The number of nitrogens with zero attached hydrogens (tertiary/aromatic N) is 2. The lowest BCUT2D eigenvalue weighted by Crippen LogP contribution is -2.19. The molecule has 6 aromatic rings. The fraction of sp³-hybridized carbons (Fsp3) is 0.0690. The van der Waals surface area contributed by atoms with Crippen molar-refractivity contribution in [1.82, 2.24) is 9.97 Å². The number of nitrogens with one attached hydrogen (secondary N) is 2. The number of amides is 2. The molecule has 14 heteroatoms. The maximum absolute atomic E-state index is 12.7. The van der Waals surface area contributed by atoms with E-state index in [2.05, 4.69) is 15.6 Å². The number of hydrogen-bond acceptors (Lipinski definition) is 7. The van der Waals surface area contributed by atoms with Gasteiger partial charge in [0.05, 0.1) is 26.0 Å². The van der Waals surface area contributed by atoms with Crippen LogP contribution in [0.1, 0.15) is 11.1 Å². The molecule has 0 aliphatic rings. The highest BCUT2D eigenvalue weighted by molar-refractivity contribution is 7.86. The Labute approximate surface area is 250 Å². The molecular formula is C29H19F3N4O4S3. The van der Waals surface area contributed by atoms with Gasteiger partial charge in [0.2, 0.25) is 0 Å². The van der Waals surface area contributed by atoms with E-state index in [0.717, 1.165) is 38.5 Å². The van der Waals surface area contributed by atoms with Crippen molar-refractivity contribution in [2.45, 2.75) is 18.0 Å². The molecule has 0 spiro atoms. The highest BCUT2D eigenvalue weighted by atomic mass is 32.2. The normalized spacial score (nSPS) is 12.1. The number of thiazole rings is 2. The molecule has 0 atom stereocenters. The van der Waals surface area contributed by atoms with Crippen molar-refractivity contribution in [3.8, 4) is 21.1 Å². The molecular weight excluding hydrogens is 622 g/mol. The summed E-state index contributed by atoms with van der Waals surface area (Å²) in [6.07, 6.45) is -4.46. The van der Waals surface area contributed by atoms with E-state index >= 15 is 0 Å². The number of aromatic nitrogens is 2. The molecule has 0 saturated carbocycles. The number of rotatable bonds is 5. The molecule has 6 rings (SSSR count). The highest BCUT2D eigenvalue weighted by Crippen LogP contribution is 2.38. The van der Waals surface area contributed by atoms with E-state index in [-0.39, 0.29) is 10.6 Å². The van der Waals surface area contributed by atoms with Crippen LogP contribution < -0.4 is 10.6 Å². The van der Waals surface area contributed by atoms with Crippen LogP contribution in [0.3, 0.4) is 0 Å². The van der Waals surface area contributed by atoms with Crippen molar-refractivity contribution < 1.29 is 30.9 Å². The minimum Gasteiger partial charge on any atom is -0.308 e. The molecule has 0 aliphatic heterocycles. The van der Waals surface area contributed by atoms with Crippen molar-refractivity contribution in [2.75, 3.05) is 10.6 Å². The van der Waals surface area contributed by atoms with E-state index < -0.39 is 27.9 Å². The quantitative estimate of drug-likeness (QED) is 0.163. The maximum atomic E-state index is 12.7. The van der Waals surface area contributed by atoms with E-state index in [4.69, 9.17) is 4.98 Å². The van der Waals surface area contributed by atoms with Crippen molar-refractivity contribution >= 4 is 70.6 Å². The third kappa shape index (κ3) is 5.95. The SMILES string of the molecule is Cc1ccc2nc(-c3ccc4nc(-c5ccc(NC(=O)Nc6ccc(C(F)(F)F)cc6)cc5)sc4c3)sc2c1S(=O)(=O)O. The monoisotopic (exact) mass is 640 g/mol. The first-order valence-corrected chi connectivity index (χ1v) is 15.6. The van der Waals surface area contributed by atoms with Gasteiger partial charge in [0.25, 0.3) is 10.1 Å². The second-order valence-corrected chi connectivity index (χ2v) is 12.9. The van der Waals surface area contributed by atoms with E-state index in [1.165, 1.54) is 34.8 Å². The second kappa shape index (κ2) is 10.7. The maximum Gasteiger partial charge on any atom is 0.416 e. The Bertz CT molecular complexity index is 2120. The summed E-state index contributed by atoms with van der Waals surface area (Å²) >= 11 is 2.64. The summed E-state index contributed by atoms with van der Waals surface area (Å²) < 4.78 is 73.2. The molecule has 0 saturated heterocycles. The Kier molecular flexibility index (Phi) is 7.16. The first-order valence-electron chi connectivity index (χ1n) is 12.5. The third-order valence-corrected chi connectivity index (χ3v) is 9.84. The summed E-state index contributed by atoms with van der Waals surface area (Å²) in [7, 11) is -4.42. The molecule has 4 aromatic carbocycles. The Morgan fingerprint density at radius 3 is 1.98 bits per heavy atom. The van der Waals surface area contributed by atoms with Crippen LogP contribution in [0.2, 0.25) is 0 Å². The average Bonchev–Trinajstić information content (AvgIpc) is 3.56. The zero-order chi connectivity index (χ0) is 30.5. The smallest absolute Gasteiger partial charge is 0.308 e. The van der Waals surface area contributed by atoms with Gasteiger partial charge in [0.15, 0.2) is 0 Å². The molecule has 2 amide bonds. The Morgan fingerprint density at radius 1 is 0.791 bits per heavy atom. The molecule has 3 N–H and O–H groups in total. The highest BCUT2D eigenvalue weighted by Gasteiger charge is 2.30. The van der Waals surface area contributed by atoms with Crippen LogP contribution in [-0.2, 0) is 16.3 Å². The Morgan fingerprint density at radius 2 is 1.35 bits per heavy atom. The van der Waals surface area contributed by atoms with Gasteiger partial charge < -0.3 is 10.6 Å². The van der Waals surface area contributed by atoms with Gasteiger partial charge in [-0.3, -0.25) is 4.55 Å².